The van der Waals surface area contributed by atoms with Gasteiger partial charge in [0.05, 0.1) is 0 Å². The summed E-state index contributed by atoms with van der Waals surface area (Å²) < 4.78 is 0. The molecule has 0 amide bonds. The van der Waals surface area contributed by atoms with Crippen molar-refractivity contribution in [3.8, 4) is 0 Å². The van der Waals surface area contributed by atoms with E-state index in [1.807, 2.05) is 55.5 Å². The van der Waals surface area contributed by atoms with Gasteiger partial charge in [0.2, 0.25) is 0 Å². The van der Waals surface area contributed by atoms with Gasteiger partial charge in [0.15, 0.2) is 11.6 Å². The average Bonchev–Trinajstić information content (AvgIpc) is 2.61. The molecule has 0 saturated carbocycles. The fourth-order valence-electron chi connectivity index (χ4n) is 2.83. The Bertz CT molecular complexity index is 780. The molecule has 0 aliphatic heterocycles. The summed E-state index contributed by atoms with van der Waals surface area (Å²) in [5, 5.41) is 0. The Balaban J connectivity index is 2.04. The Labute approximate surface area is 130 Å². The van der Waals surface area contributed by atoms with Crippen LogP contribution in [0.4, 0.5) is 0 Å². The van der Waals surface area contributed by atoms with E-state index in [2.05, 4.69) is 0 Å². The summed E-state index contributed by atoms with van der Waals surface area (Å²) in [4.78, 5) is 25.2. The number of allylic oxidation sites excluding steroid dienone is 2. The number of fused-ring (bicyclic) bond motifs is 1. The van der Waals surface area contributed by atoms with E-state index in [-0.39, 0.29) is 11.6 Å². The van der Waals surface area contributed by atoms with Gasteiger partial charge in [-0.15, -0.1) is 0 Å². The van der Waals surface area contributed by atoms with Crippen molar-refractivity contribution in [3.05, 3.63) is 81.9 Å². The predicted octanol–water partition coefficient (Wildman–Crippen LogP) is 3.86. The summed E-state index contributed by atoms with van der Waals surface area (Å²) in [5.74, 6) is 0.0277. The highest BCUT2D eigenvalue weighted by molar-refractivity contribution is 6.17. The standard InChI is InChI=1S/C20H18O2/c1-13-7-9-15(10-8-13)11-18-14(2)19(21)12-16-5-3-4-6-17(16)20(18)22/h3-10H,11-12H2,1-2H3. The van der Waals surface area contributed by atoms with Crippen LogP contribution in [-0.2, 0) is 17.6 Å². The molecule has 0 bridgehead atoms. The van der Waals surface area contributed by atoms with Gasteiger partial charge in [-0.1, -0.05) is 54.1 Å². The van der Waals surface area contributed by atoms with Crippen LogP contribution >= 0.6 is 0 Å². The third-order valence-electron chi connectivity index (χ3n) is 4.26. The lowest BCUT2D eigenvalue weighted by atomic mass is 9.93. The van der Waals surface area contributed by atoms with E-state index in [0.717, 1.165) is 11.1 Å². The van der Waals surface area contributed by atoms with Gasteiger partial charge in [0.25, 0.3) is 0 Å². The second-order valence-electron chi connectivity index (χ2n) is 5.85. The Kier molecular flexibility index (Phi) is 3.76. The molecule has 0 aromatic heterocycles. The van der Waals surface area contributed by atoms with E-state index in [9.17, 15) is 9.59 Å². The monoisotopic (exact) mass is 290 g/mol. The molecule has 0 fully saturated rings. The van der Waals surface area contributed by atoms with Crippen molar-refractivity contribution in [2.45, 2.75) is 26.7 Å². The number of Topliss-reactive ketones (excluding diaryl/α,β-unsaturated/α-hetero) is 2. The molecule has 1 aliphatic rings. The van der Waals surface area contributed by atoms with E-state index >= 15 is 0 Å². The minimum Gasteiger partial charge on any atom is -0.294 e. The molecule has 110 valence electrons. The third kappa shape index (κ3) is 2.64. The van der Waals surface area contributed by atoms with Crippen LogP contribution in [0.3, 0.4) is 0 Å². The van der Waals surface area contributed by atoms with Gasteiger partial charge in [0, 0.05) is 24.0 Å². The zero-order valence-corrected chi connectivity index (χ0v) is 12.8. The van der Waals surface area contributed by atoms with Crippen molar-refractivity contribution in [2.24, 2.45) is 0 Å². The van der Waals surface area contributed by atoms with Crippen LogP contribution in [0.15, 0.2) is 59.7 Å². The maximum atomic E-state index is 12.9. The minimum atomic E-state index is -0.0143. The van der Waals surface area contributed by atoms with Gasteiger partial charge in [0.1, 0.15) is 0 Å². The lowest BCUT2D eigenvalue weighted by molar-refractivity contribution is -0.114. The molecule has 0 atom stereocenters. The third-order valence-corrected chi connectivity index (χ3v) is 4.26. The van der Waals surface area contributed by atoms with Crippen LogP contribution in [0.25, 0.3) is 0 Å². The first kappa shape index (κ1) is 14.5. The number of carbonyl (C=O) groups excluding carboxylic acids is 2. The van der Waals surface area contributed by atoms with Crippen molar-refractivity contribution in [1.29, 1.82) is 0 Å². The molecule has 2 heteroatoms. The van der Waals surface area contributed by atoms with Crippen molar-refractivity contribution in [1.82, 2.24) is 0 Å². The summed E-state index contributed by atoms with van der Waals surface area (Å²) in [6, 6.07) is 15.5. The summed E-state index contributed by atoms with van der Waals surface area (Å²) in [6.45, 7) is 3.81. The maximum absolute atomic E-state index is 12.9. The Morgan fingerprint density at radius 1 is 0.909 bits per heavy atom. The lowest BCUT2D eigenvalue weighted by Crippen LogP contribution is -2.09. The zero-order valence-electron chi connectivity index (χ0n) is 12.8. The van der Waals surface area contributed by atoms with E-state index < -0.39 is 0 Å². The van der Waals surface area contributed by atoms with Gasteiger partial charge in [-0.25, -0.2) is 0 Å². The van der Waals surface area contributed by atoms with Crippen LogP contribution in [0.2, 0.25) is 0 Å². The first-order chi connectivity index (χ1) is 10.6. The van der Waals surface area contributed by atoms with E-state index in [1.165, 1.54) is 5.56 Å². The second-order valence-corrected chi connectivity index (χ2v) is 5.85. The summed E-state index contributed by atoms with van der Waals surface area (Å²) in [7, 11) is 0. The smallest absolute Gasteiger partial charge is 0.190 e. The quantitative estimate of drug-likeness (QED) is 0.841. The molecule has 0 saturated heterocycles. The molecule has 3 rings (SSSR count). The van der Waals surface area contributed by atoms with Gasteiger partial charge in [-0.05, 0) is 30.5 Å². The summed E-state index contributed by atoms with van der Waals surface area (Å²) >= 11 is 0. The number of benzene rings is 2. The second kappa shape index (κ2) is 5.72. The molecule has 0 spiro atoms. The molecule has 0 heterocycles. The molecular formula is C20H18O2. The predicted molar refractivity (Wildman–Crippen MR) is 87.1 cm³/mol. The van der Waals surface area contributed by atoms with Gasteiger partial charge in [-0.2, -0.15) is 0 Å². The minimum absolute atomic E-state index is 0.0143. The zero-order chi connectivity index (χ0) is 15.7. The normalized spacial score (nSPS) is 14.8. The molecule has 22 heavy (non-hydrogen) atoms. The van der Waals surface area contributed by atoms with Crippen LogP contribution in [0, 0.1) is 6.92 Å². The molecule has 2 aromatic rings. The van der Waals surface area contributed by atoms with Crippen molar-refractivity contribution >= 4 is 11.6 Å². The summed E-state index contributed by atoms with van der Waals surface area (Å²) in [5.41, 5.74) is 4.95. The van der Waals surface area contributed by atoms with Crippen LogP contribution in [0.1, 0.15) is 34.0 Å². The van der Waals surface area contributed by atoms with Crippen molar-refractivity contribution in [3.63, 3.8) is 0 Å². The maximum Gasteiger partial charge on any atom is 0.190 e. The van der Waals surface area contributed by atoms with Crippen LogP contribution < -0.4 is 0 Å². The fourth-order valence-corrected chi connectivity index (χ4v) is 2.83. The highest BCUT2D eigenvalue weighted by Crippen LogP contribution is 2.25. The van der Waals surface area contributed by atoms with Crippen molar-refractivity contribution in [2.75, 3.05) is 0 Å². The SMILES string of the molecule is CC1=C(Cc2ccc(C)cc2)C(=O)c2ccccc2CC1=O. The molecule has 0 radical (unpaired) electrons. The molecule has 0 unspecified atom stereocenters. The molecular weight excluding hydrogens is 272 g/mol. The Hall–Kier alpha value is -2.48. The number of hydrogen-bond acceptors (Lipinski definition) is 2. The van der Waals surface area contributed by atoms with Crippen molar-refractivity contribution < 1.29 is 9.59 Å². The number of hydrogen-bond donors (Lipinski definition) is 0. The number of ketones is 2. The van der Waals surface area contributed by atoms with E-state index in [0.29, 0.717) is 29.6 Å². The number of aryl methyl sites for hydroxylation is 1. The molecule has 2 nitrogen and oxygen atoms in total. The highest BCUT2D eigenvalue weighted by Gasteiger charge is 2.25. The van der Waals surface area contributed by atoms with E-state index in [1.54, 1.807) is 6.92 Å². The summed E-state index contributed by atoms with van der Waals surface area (Å²) in [6.07, 6.45) is 0.816. The highest BCUT2D eigenvalue weighted by atomic mass is 16.1. The first-order valence-corrected chi connectivity index (χ1v) is 7.47. The van der Waals surface area contributed by atoms with Gasteiger partial charge < -0.3 is 0 Å². The van der Waals surface area contributed by atoms with Crippen LogP contribution in [-0.4, -0.2) is 11.6 Å². The fraction of sp³-hybridized carbons (Fsp3) is 0.200. The Morgan fingerprint density at radius 3 is 2.32 bits per heavy atom. The topological polar surface area (TPSA) is 34.1 Å². The molecule has 0 N–H and O–H groups in total. The number of rotatable bonds is 2. The van der Waals surface area contributed by atoms with E-state index in [4.69, 9.17) is 0 Å². The molecule has 2 aromatic carbocycles. The average molecular weight is 290 g/mol. The largest absolute Gasteiger partial charge is 0.294 e. The van der Waals surface area contributed by atoms with Gasteiger partial charge in [-0.3, -0.25) is 9.59 Å². The van der Waals surface area contributed by atoms with Crippen LogP contribution in [0.5, 0.6) is 0 Å². The lowest BCUT2D eigenvalue weighted by Gasteiger charge is -2.09. The molecule has 1 aliphatic carbocycles. The first-order valence-electron chi connectivity index (χ1n) is 7.47. The number of carbonyl (C=O) groups is 2. The Morgan fingerprint density at radius 2 is 1.59 bits per heavy atom. The van der Waals surface area contributed by atoms with Gasteiger partial charge >= 0.3 is 0 Å².